The van der Waals surface area contributed by atoms with E-state index in [1.165, 1.54) is 13.2 Å². The van der Waals surface area contributed by atoms with Gasteiger partial charge in [0.1, 0.15) is 0 Å². The van der Waals surface area contributed by atoms with Crippen molar-refractivity contribution >= 4 is 5.97 Å². The van der Waals surface area contributed by atoms with E-state index in [9.17, 15) is 4.79 Å². The maximum Gasteiger partial charge on any atom is 0.269 e. The average molecular weight is 213 g/mol. The van der Waals surface area contributed by atoms with Gasteiger partial charge in [-0.05, 0) is 5.69 Å². The van der Waals surface area contributed by atoms with Gasteiger partial charge in [0.05, 0.1) is 7.11 Å². The SMILES string of the molecule is COC(=O)c1c[c-]c[nH]1.[Y]. The molecule has 1 aromatic rings. The largest absolute Gasteiger partial charge is 0.478 e. The quantitative estimate of drug-likeness (QED) is 0.548. The molecule has 0 bridgehead atoms. The maximum absolute atomic E-state index is 10.6. The summed E-state index contributed by atoms with van der Waals surface area (Å²) in [6.07, 6.45) is 1.55. The van der Waals surface area contributed by atoms with Crippen LogP contribution in [-0.4, -0.2) is 18.1 Å². The van der Waals surface area contributed by atoms with E-state index in [0.29, 0.717) is 5.69 Å². The number of aromatic amines is 1. The number of carbonyl (C=O) groups is 1. The smallest absolute Gasteiger partial charge is 0.269 e. The fourth-order valence-corrected chi connectivity index (χ4v) is 0.514. The van der Waals surface area contributed by atoms with Gasteiger partial charge in [0.2, 0.25) is 0 Å². The number of H-pyrrole nitrogens is 1. The molecule has 0 saturated heterocycles. The fourth-order valence-electron chi connectivity index (χ4n) is 0.514. The Morgan fingerprint density at radius 1 is 1.80 bits per heavy atom. The summed E-state index contributed by atoms with van der Waals surface area (Å²) in [5.74, 6) is -0.365. The van der Waals surface area contributed by atoms with E-state index in [-0.39, 0.29) is 38.7 Å². The molecular weight excluding hydrogens is 207 g/mol. The predicted molar refractivity (Wildman–Crippen MR) is 31.0 cm³/mol. The molecule has 3 nitrogen and oxygen atoms in total. The Balaban J connectivity index is 0.000000810. The van der Waals surface area contributed by atoms with Gasteiger partial charge < -0.3 is 9.72 Å². The zero-order chi connectivity index (χ0) is 6.69. The Bertz CT molecular complexity index is 196. The first kappa shape index (κ1) is 9.85. The van der Waals surface area contributed by atoms with Gasteiger partial charge in [-0.2, -0.15) is 0 Å². The van der Waals surface area contributed by atoms with Crippen molar-refractivity contribution in [3.05, 3.63) is 24.0 Å². The third-order valence-corrected chi connectivity index (χ3v) is 0.944. The summed E-state index contributed by atoms with van der Waals surface area (Å²) < 4.78 is 4.40. The van der Waals surface area contributed by atoms with Gasteiger partial charge in [-0.3, -0.25) is 4.79 Å². The zero-order valence-corrected chi connectivity index (χ0v) is 8.39. The molecule has 1 rings (SSSR count). The molecule has 0 fully saturated rings. The summed E-state index contributed by atoms with van der Waals surface area (Å²) >= 11 is 0. The Morgan fingerprint density at radius 3 is 2.90 bits per heavy atom. The second-order valence-electron chi connectivity index (χ2n) is 1.50. The van der Waals surface area contributed by atoms with Crippen LogP contribution in [0.1, 0.15) is 10.5 Å². The predicted octanol–water partition coefficient (Wildman–Crippen LogP) is 0.599. The minimum Gasteiger partial charge on any atom is -0.478 e. The molecule has 0 aliphatic rings. The van der Waals surface area contributed by atoms with E-state index < -0.39 is 0 Å². The summed E-state index contributed by atoms with van der Waals surface area (Å²) in [6.45, 7) is 0. The second-order valence-corrected chi connectivity index (χ2v) is 1.50. The van der Waals surface area contributed by atoms with Crippen LogP contribution in [0.4, 0.5) is 0 Å². The minimum absolute atomic E-state index is 0. The first-order valence-corrected chi connectivity index (χ1v) is 2.47. The van der Waals surface area contributed by atoms with Crippen LogP contribution in [0.25, 0.3) is 0 Å². The van der Waals surface area contributed by atoms with Crippen molar-refractivity contribution < 1.29 is 42.2 Å². The number of ether oxygens (including phenoxy) is 1. The molecule has 0 spiro atoms. The minimum atomic E-state index is -0.365. The normalized spacial score (nSPS) is 8.10. The summed E-state index contributed by atoms with van der Waals surface area (Å²) in [5.41, 5.74) is 0.428. The Labute approximate surface area is 84.0 Å². The number of hydrogen-bond donors (Lipinski definition) is 1. The molecule has 0 saturated carbocycles. The van der Waals surface area contributed by atoms with Gasteiger partial charge in [0, 0.05) is 32.7 Å². The molecule has 0 amide bonds. The number of esters is 1. The average Bonchev–Trinajstić information content (AvgIpc) is 2.37. The van der Waals surface area contributed by atoms with E-state index in [2.05, 4.69) is 15.8 Å². The van der Waals surface area contributed by atoms with Crippen molar-refractivity contribution in [2.45, 2.75) is 0 Å². The van der Waals surface area contributed by atoms with Gasteiger partial charge in [0.15, 0.2) is 0 Å². The first-order valence-electron chi connectivity index (χ1n) is 2.47. The molecule has 0 aliphatic carbocycles. The van der Waals surface area contributed by atoms with Gasteiger partial charge >= 0.3 is 0 Å². The van der Waals surface area contributed by atoms with E-state index >= 15 is 0 Å². The molecule has 1 heterocycles. The third-order valence-electron chi connectivity index (χ3n) is 0.944. The van der Waals surface area contributed by atoms with Crippen molar-refractivity contribution in [3.63, 3.8) is 0 Å². The Kier molecular flexibility index (Phi) is 4.57. The standard InChI is InChI=1S/C6H6NO2.Y/c1-9-6(8)5-3-2-4-7-5;/h3-4,7H,1H3;/q-1;. The van der Waals surface area contributed by atoms with Crippen LogP contribution >= 0.6 is 0 Å². The summed E-state index contributed by atoms with van der Waals surface area (Å²) in [4.78, 5) is 13.3. The fraction of sp³-hybridized carbons (Fsp3) is 0.167. The van der Waals surface area contributed by atoms with Crippen molar-refractivity contribution in [1.29, 1.82) is 0 Å². The summed E-state index contributed by atoms with van der Waals surface area (Å²) in [6, 6.07) is 4.22. The van der Waals surface area contributed by atoms with Crippen molar-refractivity contribution in [2.75, 3.05) is 7.11 Å². The number of carbonyl (C=O) groups excluding carboxylic acids is 1. The second kappa shape index (κ2) is 4.64. The first-order chi connectivity index (χ1) is 4.34. The van der Waals surface area contributed by atoms with E-state index in [4.69, 9.17) is 0 Å². The molecule has 1 aromatic heterocycles. The molecule has 0 unspecified atom stereocenters. The Hall–Kier alpha value is -0.146. The molecule has 0 atom stereocenters. The van der Waals surface area contributed by atoms with Crippen LogP contribution in [0.3, 0.4) is 0 Å². The Morgan fingerprint density at radius 2 is 2.50 bits per heavy atom. The van der Waals surface area contributed by atoms with Crippen molar-refractivity contribution in [3.8, 4) is 0 Å². The van der Waals surface area contributed by atoms with E-state index in [1.54, 1.807) is 6.20 Å². The van der Waals surface area contributed by atoms with Gasteiger partial charge in [-0.1, -0.05) is 0 Å². The number of aromatic nitrogens is 1. The molecule has 0 aliphatic heterocycles. The molecule has 0 aromatic carbocycles. The molecule has 4 heteroatoms. The van der Waals surface area contributed by atoms with Crippen molar-refractivity contribution in [1.82, 2.24) is 4.98 Å². The van der Waals surface area contributed by atoms with Gasteiger partial charge in [0.25, 0.3) is 5.97 Å². The summed E-state index contributed by atoms with van der Waals surface area (Å²) in [5, 5.41) is 0. The van der Waals surface area contributed by atoms with Crippen LogP contribution in [0.2, 0.25) is 0 Å². The maximum atomic E-state index is 10.6. The molecule has 10 heavy (non-hydrogen) atoms. The van der Waals surface area contributed by atoms with Crippen molar-refractivity contribution in [2.24, 2.45) is 0 Å². The van der Waals surface area contributed by atoms with Gasteiger partial charge in [-0.15, -0.1) is 6.20 Å². The summed E-state index contributed by atoms with van der Waals surface area (Å²) in [7, 11) is 1.34. The zero-order valence-electron chi connectivity index (χ0n) is 5.55. The van der Waals surface area contributed by atoms with Crippen LogP contribution in [-0.2, 0) is 37.4 Å². The van der Waals surface area contributed by atoms with Crippen LogP contribution < -0.4 is 0 Å². The third kappa shape index (κ3) is 2.23. The number of hydrogen-bond acceptors (Lipinski definition) is 2. The molecule has 51 valence electrons. The van der Waals surface area contributed by atoms with Crippen LogP contribution in [0.15, 0.2) is 12.3 Å². The molecule has 1 radical (unpaired) electrons. The number of methoxy groups -OCH3 is 1. The number of rotatable bonds is 1. The molecular formula is C6H6NO2Y-. The number of nitrogens with one attached hydrogen (secondary N) is 1. The van der Waals surface area contributed by atoms with Crippen LogP contribution in [0.5, 0.6) is 0 Å². The van der Waals surface area contributed by atoms with E-state index in [0.717, 1.165) is 0 Å². The van der Waals surface area contributed by atoms with Crippen LogP contribution in [0, 0.1) is 6.07 Å². The van der Waals surface area contributed by atoms with Gasteiger partial charge in [-0.25, -0.2) is 12.1 Å². The topological polar surface area (TPSA) is 42.1 Å². The monoisotopic (exact) mass is 213 g/mol. The molecule has 1 N–H and O–H groups in total. The van der Waals surface area contributed by atoms with E-state index in [1.807, 2.05) is 0 Å².